The molecule has 0 saturated carbocycles. The van der Waals surface area contributed by atoms with E-state index in [0.29, 0.717) is 6.42 Å². The van der Waals surface area contributed by atoms with Gasteiger partial charge < -0.3 is 19.7 Å². The summed E-state index contributed by atoms with van der Waals surface area (Å²) in [6.45, 7) is 4.29. The zero-order chi connectivity index (χ0) is 12.7. The number of esters is 2. The molecular weight excluding hydrogens is 216 g/mol. The Balaban J connectivity index is 3.70. The lowest BCUT2D eigenvalue weighted by Gasteiger charge is -2.14. The van der Waals surface area contributed by atoms with Crippen LogP contribution < -0.4 is 0 Å². The van der Waals surface area contributed by atoms with Gasteiger partial charge in [0.25, 0.3) is 0 Å². The van der Waals surface area contributed by atoms with E-state index in [2.05, 4.69) is 4.74 Å². The highest BCUT2D eigenvalue weighted by atomic mass is 16.6. The van der Waals surface area contributed by atoms with Crippen molar-refractivity contribution < 1.29 is 29.3 Å². The Bertz CT molecular complexity index is 235. The van der Waals surface area contributed by atoms with Crippen molar-refractivity contribution in [3.05, 3.63) is 0 Å². The lowest BCUT2D eigenvalue weighted by Crippen LogP contribution is -2.26. The summed E-state index contributed by atoms with van der Waals surface area (Å²) in [5.41, 5.74) is 0. The molecule has 0 aromatic heterocycles. The van der Waals surface area contributed by atoms with Crippen molar-refractivity contribution >= 4 is 11.9 Å². The van der Waals surface area contributed by atoms with E-state index in [0.717, 1.165) is 0 Å². The van der Waals surface area contributed by atoms with Crippen molar-refractivity contribution in [3.63, 3.8) is 0 Å². The third-order valence-corrected chi connectivity index (χ3v) is 1.77. The molecule has 0 amide bonds. The SMILES string of the molecule is C[C@H](CCOC(=O)[C@@H](C)O)OC(=O)[C@H](C)O. The highest BCUT2D eigenvalue weighted by Gasteiger charge is 2.15. The van der Waals surface area contributed by atoms with E-state index in [9.17, 15) is 9.59 Å². The summed E-state index contributed by atoms with van der Waals surface area (Å²) in [5, 5.41) is 17.7. The van der Waals surface area contributed by atoms with Crippen LogP contribution in [0.5, 0.6) is 0 Å². The Kier molecular flexibility index (Phi) is 6.67. The van der Waals surface area contributed by atoms with Crippen LogP contribution in [0, 0.1) is 0 Å². The Morgan fingerprint density at radius 2 is 1.56 bits per heavy atom. The minimum absolute atomic E-state index is 0.0536. The summed E-state index contributed by atoms with van der Waals surface area (Å²) in [6.07, 6.45) is -2.46. The zero-order valence-corrected chi connectivity index (χ0v) is 9.67. The van der Waals surface area contributed by atoms with E-state index >= 15 is 0 Å². The van der Waals surface area contributed by atoms with Gasteiger partial charge in [0.05, 0.1) is 6.61 Å². The zero-order valence-electron chi connectivity index (χ0n) is 9.67. The number of aliphatic hydroxyl groups is 2. The molecule has 0 fully saturated rings. The van der Waals surface area contributed by atoms with Gasteiger partial charge >= 0.3 is 11.9 Å². The molecule has 94 valence electrons. The lowest BCUT2D eigenvalue weighted by molar-refractivity contribution is -0.159. The minimum atomic E-state index is -1.16. The summed E-state index contributed by atoms with van der Waals surface area (Å²) >= 11 is 0. The van der Waals surface area contributed by atoms with E-state index in [1.807, 2.05) is 0 Å². The molecule has 0 aromatic carbocycles. The Morgan fingerprint density at radius 1 is 1.06 bits per heavy atom. The molecule has 6 heteroatoms. The third-order valence-electron chi connectivity index (χ3n) is 1.77. The van der Waals surface area contributed by atoms with Gasteiger partial charge in [0.15, 0.2) is 0 Å². The Labute approximate surface area is 94.2 Å². The molecule has 0 aliphatic heterocycles. The van der Waals surface area contributed by atoms with Crippen LogP contribution in [0.25, 0.3) is 0 Å². The van der Waals surface area contributed by atoms with Gasteiger partial charge in [0, 0.05) is 6.42 Å². The van der Waals surface area contributed by atoms with Gasteiger partial charge in [-0.15, -0.1) is 0 Å². The first-order chi connectivity index (χ1) is 7.34. The predicted molar refractivity (Wildman–Crippen MR) is 54.5 cm³/mol. The van der Waals surface area contributed by atoms with Crippen LogP contribution in [0.2, 0.25) is 0 Å². The molecule has 0 rings (SSSR count). The second-order valence-electron chi connectivity index (χ2n) is 3.56. The molecule has 0 unspecified atom stereocenters. The van der Waals surface area contributed by atoms with E-state index in [1.165, 1.54) is 13.8 Å². The predicted octanol–water partition coefficient (Wildman–Crippen LogP) is -0.387. The van der Waals surface area contributed by atoms with Crippen LogP contribution in [0.4, 0.5) is 0 Å². The van der Waals surface area contributed by atoms with Crippen LogP contribution in [-0.4, -0.2) is 47.1 Å². The molecule has 0 heterocycles. The molecule has 0 aromatic rings. The summed E-state index contributed by atoms with van der Waals surface area (Å²) in [5.74, 6) is -1.43. The summed E-state index contributed by atoms with van der Waals surface area (Å²) < 4.78 is 9.48. The molecule has 0 radical (unpaired) electrons. The van der Waals surface area contributed by atoms with Gasteiger partial charge in [-0.25, -0.2) is 9.59 Å². The van der Waals surface area contributed by atoms with Crippen molar-refractivity contribution in [2.45, 2.75) is 45.5 Å². The molecular formula is C10H18O6. The molecule has 2 N–H and O–H groups in total. The first-order valence-electron chi connectivity index (χ1n) is 5.07. The van der Waals surface area contributed by atoms with Gasteiger partial charge in [-0.3, -0.25) is 0 Å². The molecule has 0 bridgehead atoms. The van der Waals surface area contributed by atoms with Crippen molar-refractivity contribution in [1.29, 1.82) is 0 Å². The first-order valence-corrected chi connectivity index (χ1v) is 5.07. The maximum absolute atomic E-state index is 10.9. The standard InChI is InChI=1S/C10H18O6/c1-6(16-10(14)8(3)12)4-5-15-9(13)7(2)11/h6-8,11-12H,4-5H2,1-3H3/t6-,7-,8+/m1/s1. The number of carbonyl (C=O) groups excluding carboxylic acids is 2. The number of hydrogen-bond acceptors (Lipinski definition) is 6. The molecule has 3 atom stereocenters. The molecule has 0 spiro atoms. The van der Waals surface area contributed by atoms with E-state index in [4.69, 9.17) is 14.9 Å². The highest BCUT2D eigenvalue weighted by molar-refractivity contribution is 5.74. The smallest absolute Gasteiger partial charge is 0.334 e. The second-order valence-corrected chi connectivity index (χ2v) is 3.56. The third kappa shape index (κ3) is 6.36. The number of ether oxygens (including phenoxy) is 2. The Hall–Kier alpha value is -1.14. The number of hydrogen-bond donors (Lipinski definition) is 2. The summed E-state index contributed by atoms with van der Waals surface area (Å²) in [4.78, 5) is 21.8. The second kappa shape index (κ2) is 7.19. The maximum atomic E-state index is 10.9. The van der Waals surface area contributed by atoms with Crippen LogP contribution in [0.15, 0.2) is 0 Å². The number of carbonyl (C=O) groups is 2. The van der Waals surface area contributed by atoms with Crippen LogP contribution >= 0.6 is 0 Å². The van der Waals surface area contributed by atoms with Gasteiger partial charge in [0.1, 0.15) is 18.3 Å². The number of rotatable bonds is 6. The minimum Gasteiger partial charge on any atom is -0.464 e. The lowest BCUT2D eigenvalue weighted by atomic mass is 10.3. The van der Waals surface area contributed by atoms with Crippen molar-refractivity contribution in [3.8, 4) is 0 Å². The quantitative estimate of drug-likeness (QED) is 0.608. The van der Waals surface area contributed by atoms with E-state index in [-0.39, 0.29) is 6.61 Å². The van der Waals surface area contributed by atoms with Gasteiger partial charge in [-0.1, -0.05) is 0 Å². The van der Waals surface area contributed by atoms with Crippen LogP contribution in [-0.2, 0) is 19.1 Å². The fraction of sp³-hybridized carbons (Fsp3) is 0.800. The normalized spacial score (nSPS) is 16.1. The van der Waals surface area contributed by atoms with Crippen molar-refractivity contribution in [2.75, 3.05) is 6.61 Å². The fourth-order valence-electron chi connectivity index (χ4n) is 0.802. The average molecular weight is 234 g/mol. The molecule has 0 aliphatic rings. The van der Waals surface area contributed by atoms with Crippen LogP contribution in [0.1, 0.15) is 27.2 Å². The molecule has 6 nitrogen and oxygen atoms in total. The first kappa shape index (κ1) is 14.9. The molecule has 16 heavy (non-hydrogen) atoms. The maximum Gasteiger partial charge on any atom is 0.334 e. The topological polar surface area (TPSA) is 93.1 Å². The van der Waals surface area contributed by atoms with Crippen LogP contribution in [0.3, 0.4) is 0 Å². The summed E-state index contributed by atoms with van der Waals surface area (Å²) in [6, 6.07) is 0. The van der Waals surface area contributed by atoms with Crippen molar-refractivity contribution in [2.24, 2.45) is 0 Å². The average Bonchev–Trinajstić information content (AvgIpc) is 2.16. The fourth-order valence-corrected chi connectivity index (χ4v) is 0.802. The van der Waals surface area contributed by atoms with Gasteiger partial charge in [-0.05, 0) is 20.8 Å². The van der Waals surface area contributed by atoms with Crippen molar-refractivity contribution in [1.82, 2.24) is 0 Å². The summed E-state index contributed by atoms with van der Waals surface area (Å²) in [7, 11) is 0. The largest absolute Gasteiger partial charge is 0.464 e. The highest BCUT2D eigenvalue weighted by Crippen LogP contribution is 2.01. The molecule has 0 saturated heterocycles. The Morgan fingerprint density at radius 3 is 2.00 bits per heavy atom. The van der Waals surface area contributed by atoms with E-state index < -0.39 is 30.3 Å². The number of aliphatic hydroxyl groups excluding tert-OH is 2. The molecule has 0 aliphatic carbocycles. The van der Waals surface area contributed by atoms with Gasteiger partial charge in [0.2, 0.25) is 0 Å². The van der Waals surface area contributed by atoms with Gasteiger partial charge in [-0.2, -0.15) is 0 Å². The monoisotopic (exact) mass is 234 g/mol. The van der Waals surface area contributed by atoms with E-state index in [1.54, 1.807) is 6.92 Å².